The lowest BCUT2D eigenvalue weighted by atomic mass is 10.0. The predicted octanol–water partition coefficient (Wildman–Crippen LogP) is 5.33. The van der Waals surface area contributed by atoms with Gasteiger partial charge in [0, 0.05) is 24.2 Å². The maximum atomic E-state index is 12.5. The van der Waals surface area contributed by atoms with Crippen LogP contribution in [0.4, 0.5) is 5.69 Å². The number of phenols is 1. The topological polar surface area (TPSA) is 65.7 Å². The summed E-state index contributed by atoms with van der Waals surface area (Å²) < 4.78 is 5.49. The SMILES string of the molecule is Cc1cc(C)c(NC(=O)CCCN(Cc2ccco2)Cc2ccccc2O)c(C)c1. The van der Waals surface area contributed by atoms with Crippen molar-refractivity contribution in [3.63, 3.8) is 0 Å². The molecule has 0 aliphatic heterocycles. The van der Waals surface area contributed by atoms with Crippen molar-refractivity contribution in [3.8, 4) is 5.75 Å². The van der Waals surface area contributed by atoms with Crippen molar-refractivity contribution in [3.05, 3.63) is 82.8 Å². The van der Waals surface area contributed by atoms with E-state index < -0.39 is 0 Å². The number of nitrogens with zero attached hydrogens (tertiary/aromatic N) is 1. The molecule has 158 valence electrons. The molecule has 0 atom stereocenters. The summed E-state index contributed by atoms with van der Waals surface area (Å²) in [6.45, 7) is 8.03. The highest BCUT2D eigenvalue weighted by atomic mass is 16.3. The van der Waals surface area contributed by atoms with Gasteiger partial charge in [-0.05, 0) is 63.1 Å². The molecule has 0 unspecified atom stereocenters. The van der Waals surface area contributed by atoms with Gasteiger partial charge in [0.15, 0.2) is 0 Å². The lowest BCUT2D eigenvalue weighted by Gasteiger charge is -2.22. The van der Waals surface area contributed by atoms with Crippen molar-refractivity contribution in [2.24, 2.45) is 0 Å². The minimum Gasteiger partial charge on any atom is -0.508 e. The van der Waals surface area contributed by atoms with E-state index in [4.69, 9.17) is 4.42 Å². The maximum Gasteiger partial charge on any atom is 0.224 e. The normalized spacial score (nSPS) is 11.1. The van der Waals surface area contributed by atoms with Crippen molar-refractivity contribution in [2.75, 3.05) is 11.9 Å². The van der Waals surface area contributed by atoms with Crippen LogP contribution in [-0.4, -0.2) is 22.5 Å². The number of phenolic OH excluding ortho intramolecular Hbond substituents is 1. The van der Waals surface area contributed by atoms with E-state index in [1.165, 1.54) is 5.56 Å². The average molecular weight is 407 g/mol. The molecule has 3 rings (SSSR count). The van der Waals surface area contributed by atoms with Gasteiger partial charge in [-0.15, -0.1) is 0 Å². The van der Waals surface area contributed by atoms with E-state index in [0.717, 1.165) is 28.1 Å². The van der Waals surface area contributed by atoms with Gasteiger partial charge in [-0.25, -0.2) is 0 Å². The summed E-state index contributed by atoms with van der Waals surface area (Å²) in [4.78, 5) is 14.7. The number of aryl methyl sites for hydroxylation is 3. The number of para-hydroxylation sites is 1. The van der Waals surface area contributed by atoms with Crippen molar-refractivity contribution in [1.82, 2.24) is 4.90 Å². The Labute approximate surface area is 178 Å². The first-order chi connectivity index (χ1) is 14.4. The van der Waals surface area contributed by atoms with Gasteiger partial charge in [-0.3, -0.25) is 9.69 Å². The first-order valence-corrected chi connectivity index (χ1v) is 10.3. The molecule has 0 saturated heterocycles. The molecule has 0 spiro atoms. The van der Waals surface area contributed by atoms with Crippen molar-refractivity contribution >= 4 is 11.6 Å². The number of rotatable bonds is 9. The number of carbonyl (C=O) groups is 1. The zero-order valence-corrected chi connectivity index (χ0v) is 17.9. The second kappa shape index (κ2) is 10.1. The van der Waals surface area contributed by atoms with Crippen LogP contribution in [0, 0.1) is 20.8 Å². The number of benzene rings is 2. The molecular weight excluding hydrogens is 376 g/mol. The van der Waals surface area contributed by atoms with E-state index >= 15 is 0 Å². The molecule has 0 radical (unpaired) electrons. The van der Waals surface area contributed by atoms with Crippen LogP contribution in [0.3, 0.4) is 0 Å². The minimum absolute atomic E-state index is 0.0190. The zero-order chi connectivity index (χ0) is 21.5. The molecule has 0 aliphatic carbocycles. The van der Waals surface area contributed by atoms with Crippen molar-refractivity contribution in [2.45, 2.75) is 46.7 Å². The Morgan fingerprint density at radius 2 is 1.77 bits per heavy atom. The summed E-state index contributed by atoms with van der Waals surface area (Å²) in [6, 6.07) is 15.3. The highest BCUT2D eigenvalue weighted by molar-refractivity contribution is 5.92. The number of carbonyl (C=O) groups excluding carboxylic acids is 1. The average Bonchev–Trinajstić information content (AvgIpc) is 3.19. The zero-order valence-electron chi connectivity index (χ0n) is 17.9. The molecule has 3 aromatic rings. The fourth-order valence-electron chi connectivity index (χ4n) is 3.76. The van der Waals surface area contributed by atoms with E-state index in [0.29, 0.717) is 32.5 Å². The summed E-state index contributed by atoms with van der Waals surface area (Å²) in [6.07, 6.45) is 2.81. The van der Waals surface area contributed by atoms with Crippen molar-refractivity contribution in [1.29, 1.82) is 0 Å². The Kier molecular flexibility index (Phi) is 7.31. The van der Waals surface area contributed by atoms with Gasteiger partial charge in [-0.1, -0.05) is 35.9 Å². The molecule has 5 heteroatoms. The first-order valence-electron chi connectivity index (χ1n) is 10.3. The van der Waals surface area contributed by atoms with Gasteiger partial charge in [0.05, 0.1) is 12.8 Å². The Balaban J connectivity index is 1.58. The molecule has 30 heavy (non-hydrogen) atoms. The third-order valence-electron chi connectivity index (χ3n) is 5.16. The van der Waals surface area contributed by atoms with E-state index in [1.54, 1.807) is 12.3 Å². The molecule has 2 N–H and O–H groups in total. The van der Waals surface area contributed by atoms with Crippen LogP contribution in [0.2, 0.25) is 0 Å². The first kappa shape index (κ1) is 21.7. The number of anilines is 1. The Morgan fingerprint density at radius 3 is 2.43 bits per heavy atom. The van der Waals surface area contributed by atoms with E-state index in [-0.39, 0.29) is 11.7 Å². The summed E-state index contributed by atoms with van der Waals surface area (Å²) in [5.41, 5.74) is 5.13. The van der Waals surface area contributed by atoms with E-state index in [2.05, 4.69) is 29.3 Å². The quantitative estimate of drug-likeness (QED) is 0.504. The molecule has 0 aliphatic rings. The third-order valence-corrected chi connectivity index (χ3v) is 5.16. The smallest absolute Gasteiger partial charge is 0.224 e. The molecule has 1 heterocycles. The number of furan rings is 1. The Bertz CT molecular complexity index is 957. The lowest BCUT2D eigenvalue weighted by molar-refractivity contribution is -0.116. The Hall–Kier alpha value is -3.05. The van der Waals surface area contributed by atoms with Crippen LogP contribution in [0.15, 0.2) is 59.2 Å². The summed E-state index contributed by atoms with van der Waals surface area (Å²) in [7, 11) is 0. The molecule has 2 aromatic carbocycles. The summed E-state index contributed by atoms with van der Waals surface area (Å²) >= 11 is 0. The van der Waals surface area contributed by atoms with Crippen LogP contribution in [-0.2, 0) is 17.9 Å². The number of nitrogens with one attached hydrogen (secondary N) is 1. The van der Waals surface area contributed by atoms with Crippen LogP contribution >= 0.6 is 0 Å². The van der Waals surface area contributed by atoms with Gasteiger partial charge in [0.2, 0.25) is 5.91 Å². The van der Waals surface area contributed by atoms with Gasteiger partial charge >= 0.3 is 0 Å². The fraction of sp³-hybridized carbons (Fsp3) is 0.320. The number of amides is 1. The van der Waals surface area contributed by atoms with Crippen LogP contribution in [0.1, 0.15) is 40.9 Å². The largest absolute Gasteiger partial charge is 0.508 e. The van der Waals surface area contributed by atoms with Crippen LogP contribution in [0.25, 0.3) is 0 Å². The van der Waals surface area contributed by atoms with Gasteiger partial charge in [-0.2, -0.15) is 0 Å². The standard InChI is InChI=1S/C25H30N2O3/c1-18-14-19(2)25(20(3)15-18)26-24(29)11-6-12-27(17-22-9-7-13-30-22)16-21-8-4-5-10-23(21)28/h4-5,7-10,13-15,28H,6,11-12,16-17H2,1-3H3,(H,26,29). The second-order valence-electron chi connectivity index (χ2n) is 7.84. The van der Waals surface area contributed by atoms with E-state index in [1.807, 2.05) is 44.2 Å². The monoisotopic (exact) mass is 406 g/mol. The van der Waals surface area contributed by atoms with Gasteiger partial charge in [0.25, 0.3) is 0 Å². The highest BCUT2D eigenvalue weighted by Crippen LogP contribution is 2.23. The molecule has 0 fully saturated rings. The number of hydrogen-bond donors (Lipinski definition) is 2. The Morgan fingerprint density at radius 1 is 1.03 bits per heavy atom. The molecule has 0 bridgehead atoms. The minimum atomic E-state index is 0.0190. The molecule has 0 saturated carbocycles. The second-order valence-corrected chi connectivity index (χ2v) is 7.84. The molecular formula is C25H30N2O3. The lowest BCUT2D eigenvalue weighted by Crippen LogP contribution is -2.25. The highest BCUT2D eigenvalue weighted by Gasteiger charge is 2.13. The molecule has 1 amide bonds. The van der Waals surface area contributed by atoms with Crippen molar-refractivity contribution < 1.29 is 14.3 Å². The predicted molar refractivity (Wildman–Crippen MR) is 119 cm³/mol. The van der Waals surface area contributed by atoms with E-state index in [9.17, 15) is 9.90 Å². The van der Waals surface area contributed by atoms with Crippen LogP contribution in [0.5, 0.6) is 5.75 Å². The summed E-state index contributed by atoms with van der Waals surface area (Å²) in [5.74, 6) is 1.16. The van der Waals surface area contributed by atoms with Gasteiger partial charge < -0.3 is 14.8 Å². The van der Waals surface area contributed by atoms with Gasteiger partial charge in [0.1, 0.15) is 11.5 Å². The molecule has 5 nitrogen and oxygen atoms in total. The van der Waals surface area contributed by atoms with Crippen LogP contribution < -0.4 is 5.32 Å². The molecule has 1 aromatic heterocycles. The maximum absolute atomic E-state index is 12.5. The fourth-order valence-corrected chi connectivity index (χ4v) is 3.76. The third kappa shape index (κ3) is 5.97. The number of hydrogen-bond acceptors (Lipinski definition) is 4. The summed E-state index contributed by atoms with van der Waals surface area (Å²) in [5, 5.41) is 13.2. The number of aromatic hydroxyl groups is 1.